The van der Waals surface area contributed by atoms with E-state index < -0.39 is 0 Å². The minimum Gasteiger partial charge on any atom is -0.481 e. The van der Waals surface area contributed by atoms with Crippen molar-refractivity contribution in [3.8, 4) is 17.4 Å². The van der Waals surface area contributed by atoms with Crippen LogP contribution in [0.1, 0.15) is 23.2 Å². The van der Waals surface area contributed by atoms with E-state index in [1.54, 1.807) is 49.7 Å². The Balaban J connectivity index is 1.36. The largest absolute Gasteiger partial charge is 0.481 e. The van der Waals surface area contributed by atoms with Crippen molar-refractivity contribution in [2.24, 2.45) is 5.92 Å². The third-order valence-corrected chi connectivity index (χ3v) is 4.92. The summed E-state index contributed by atoms with van der Waals surface area (Å²) >= 11 is 0. The lowest BCUT2D eigenvalue weighted by Crippen LogP contribution is -2.47. The van der Waals surface area contributed by atoms with E-state index in [1.807, 2.05) is 0 Å². The molecule has 1 aromatic heterocycles. The molecule has 4 rings (SSSR count). The predicted octanol–water partition coefficient (Wildman–Crippen LogP) is 2.36. The lowest BCUT2D eigenvalue weighted by molar-refractivity contribution is 0.0928. The zero-order chi connectivity index (χ0) is 17.2. The van der Waals surface area contributed by atoms with Crippen LogP contribution >= 0.6 is 0 Å². The Hall–Kier alpha value is -2.60. The lowest BCUT2D eigenvalue weighted by Gasteiger charge is -2.24. The van der Waals surface area contributed by atoms with E-state index in [1.165, 1.54) is 6.42 Å². The summed E-state index contributed by atoms with van der Waals surface area (Å²) in [6.45, 7) is 1.09. The molecule has 2 aromatic rings. The first-order valence-corrected chi connectivity index (χ1v) is 8.53. The number of methoxy groups -OCH3 is 1. The van der Waals surface area contributed by atoms with Crippen molar-refractivity contribution in [3.05, 3.63) is 48.2 Å². The van der Waals surface area contributed by atoms with Gasteiger partial charge in [-0.25, -0.2) is 4.98 Å². The Morgan fingerprint density at radius 1 is 1.16 bits per heavy atom. The summed E-state index contributed by atoms with van der Waals surface area (Å²) in [5.41, 5.74) is 0.642. The fourth-order valence-corrected chi connectivity index (χ4v) is 3.62. The Kier molecular flexibility index (Phi) is 4.28. The first-order chi connectivity index (χ1) is 12.2. The number of benzene rings is 1. The molecule has 1 saturated heterocycles. The number of pyridine rings is 1. The Labute approximate surface area is 146 Å². The van der Waals surface area contributed by atoms with Crippen molar-refractivity contribution in [2.75, 3.05) is 13.7 Å². The third kappa shape index (κ3) is 3.44. The van der Waals surface area contributed by atoms with Gasteiger partial charge in [0.25, 0.3) is 5.91 Å². The molecule has 1 aromatic carbocycles. The van der Waals surface area contributed by atoms with E-state index in [2.05, 4.69) is 15.6 Å². The highest BCUT2D eigenvalue weighted by atomic mass is 16.5. The molecule has 3 atom stereocenters. The van der Waals surface area contributed by atoms with Gasteiger partial charge in [-0.1, -0.05) is 0 Å². The van der Waals surface area contributed by atoms with Crippen LogP contribution in [0.3, 0.4) is 0 Å². The van der Waals surface area contributed by atoms with Gasteiger partial charge in [-0.3, -0.25) is 4.79 Å². The second-order valence-electron chi connectivity index (χ2n) is 6.59. The molecule has 1 amide bonds. The molecule has 2 bridgehead atoms. The van der Waals surface area contributed by atoms with Crippen molar-refractivity contribution in [3.63, 3.8) is 0 Å². The van der Waals surface area contributed by atoms with Crippen LogP contribution in [0.25, 0.3) is 0 Å². The molecule has 130 valence electrons. The first-order valence-electron chi connectivity index (χ1n) is 8.53. The molecule has 2 heterocycles. The maximum absolute atomic E-state index is 12.4. The van der Waals surface area contributed by atoms with Crippen LogP contribution in [0.4, 0.5) is 0 Å². The first kappa shape index (κ1) is 15.9. The SMILES string of the molecule is COc1ccc(Oc2ccc(C(=O)NC3CC4CNC3C4)cc2)cn1. The molecule has 25 heavy (non-hydrogen) atoms. The van der Waals surface area contributed by atoms with Crippen LogP contribution in [-0.2, 0) is 0 Å². The second kappa shape index (κ2) is 6.72. The lowest BCUT2D eigenvalue weighted by atomic mass is 10.1. The van der Waals surface area contributed by atoms with E-state index in [0.29, 0.717) is 34.9 Å². The number of fused-ring (bicyclic) bond motifs is 2. The smallest absolute Gasteiger partial charge is 0.251 e. The molecular formula is C19H21N3O3. The maximum Gasteiger partial charge on any atom is 0.251 e. The number of amides is 1. The van der Waals surface area contributed by atoms with Gasteiger partial charge >= 0.3 is 0 Å². The standard InChI is InChI=1S/C19H21N3O3/c1-24-18-7-6-15(11-21-18)25-14-4-2-13(3-5-14)19(23)22-17-9-12-8-16(17)20-10-12/h2-7,11-12,16-17,20H,8-10H2,1H3,(H,22,23). The minimum absolute atomic E-state index is 0.0305. The zero-order valence-corrected chi connectivity index (χ0v) is 14.1. The maximum atomic E-state index is 12.4. The normalized spacial score (nSPS) is 24.1. The number of nitrogens with zero attached hydrogens (tertiary/aromatic N) is 1. The number of carbonyl (C=O) groups excluding carboxylic acids is 1. The zero-order valence-electron chi connectivity index (χ0n) is 14.1. The Morgan fingerprint density at radius 3 is 2.56 bits per heavy atom. The number of rotatable bonds is 5. The van der Waals surface area contributed by atoms with Gasteiger partial charge in [-0.2, -0.15) is 0 Å². The van der Waals surface area contributed by atoms with E-state index >= 15 is 0 Å². The van der Waals surface area contributed by atoms with Crippen LogP contribution < -0.4 is 20.1 Å². The van der Waals surface area contributed by atoms with Crippen LogP contribution in [0.5, 0.6) is 17.4 Å². The fraction of sp³-hybridized carbons (Fsp3) is 0.368. The number of piperidine rings is 1. The monoisotopic (exact) mass is 339 g/mol. The Morgan fingerprint density at radius 2 is 1.96 bits per heavy atom. The highest BCUT2D eigenvalue weighted by molar-refractivity contribution is 5.94. The summed E-state index contributed by atoms with van der Waals surface area (Å²) in [7, 11) is 1.57. The third-order valence-electron chi connectivity index (χ3n) is 4.92. The minimum atomic E-state index is -0.0305. The second-order valence-corrected chi connectivity index (χ2v) is 6.59. The molecule has 1 aliphatic heterocycles. The van der Waals surface area contributed by atoms with E-state index in [9.17, 15) is 4.79 Å². The number of ether oxygens (including phenoxy) is 2. The van der Waals surface area contributed by atoms with Gasteiger partial charge in [0.2, 0.25) is 5.88 Å². The molecule has 2 N–H and O–H groups in total. The van der Waals surface area contributed by atoms with E-state index in [4.69, 9.17) is 9.47 Å². The summed E-state index contributed by atoms with van der Waals surface area (Å²) in [4.78, 5) is 16.5. The summed E-state index contributed by atoms with van der Waals surface area (Å²) in [6.07, 6.45) is 3.85. The average molecular weight is 339 g/mol. The summed E-state index contributed by atoms with van der Waals surface area (Å²) in [6, 6.07) is 11.3. The number of aromatic nitrogens is 1. The molecule has 0 spiro atoms. The van der Waals surface area contributed by atoms with Gasteiger partial charge in [-0.05, 0) is 55.6 Å². The van der Waals surface area contributed by atoms with Gasteiger partial charge in [0.15, 0.2) is 0 Å². The molecule has 2 fully saturated rings. The van der Waals surface area contributed by atoms with Crippen molar-refractivity contribution < 1.29 is 14.3 Å². The van der Waals surface area contributed by atoms with Crippen LogP contribution in [0.15, 0.2) is 42.6 Å². The van der Waals surface area contributed by atoms with Crippen LogP contribution in [-0.4, -0.2) is 36.6 Å². The highest BCUT2D eigenvalue weighted by Crippen LogP contribution is 2.31. The highest BCUT2D eigenvalue weighted by Gasteiger charge is 2.39. The van der Waals surface area contributed by atoms with Crippen LogP contribution in [0.2, 0.25) is 0 Å². The average Bonchev–Trinajstić information content (AvgIpc) is 3.26. The molecule has 0 radical (unpaired) electrons. The van der Waals surface area contributed by atoms with Crippen molar-refractivity contribution in [1.29, 1.82) is 0 Å². The topological polar surface area (TPSA) is 72.5 Å². The van der Waals surface area contributed by atoms with Gasteiger partial charge in [0.1, 0.15) is 11.5 Å². The molecule has 1 saturated carbocycles. The molecular weight excluding hydrogens is 318 g/mol. The van der Waals surface area contributed by atoms with Gasteiger partial charge in [0, 0.05) is 23.7 Å². The number of nitrogens with one attached hydrogen (secondary N) is 2. The van der Waals surface area contributed by atoms with E-state index in [-0.39, 0.29) is 11.9 Å². The quantitative estimate of drug-likeness (QED) is 0.875. The Bertz CT molecular complexity index is 746. The van der Waals surface area contributed by atoms with Crippen molar-refractivity contribution >= 4 is 5.91 Å². The van der Waals surface area contributed by atoms with Gasteiger partial charge in [-0.15, -0.1) is 0 Å². The number of hydrogen-bond donors (Lipinski definition) is 2. The summed E-state index contributed by atoms with van der Waals surface area (Å²) < 4.78 is 10.7. The predicted molar refractivity (Wildman–Crippen MR) is 93.1 cm³/mol. The summed E-state index contributed by atoms with van der Waals surface area (Å²) in [5, 5.41) is 6.60. The van der Waals surface area contributed by atoms with E-state index in [0.717, 1.165) is 13.0 Å². The van der Waals surface area contributed by atoms with Crippen molar-refractivity contribution in [1.82, 2.24) is 15.6 Å². The van der Waals surface area contributed by atoms with Gasteiger partial charge in [0.05, 0.1) is 13.3 Å². The fourth-order valence-electron chi connectivity index (χ4n) is 3.62. The molecule has 2 aliphatic rings. The van der Waals surface area contributed by atoms with Crippen LogP contribution in [0, 0.1) is 5.92 Å². The van der Waals surface area contributed by atoms with Crippen molar-refractivity contribution in [2.45, 2.75) is 24.9 Å². The molecule has 3 unspecified atom stereocenters. The molecule has 1 aliphatic carbocycles. The molecule has 6 nitrogen and oxygen atoms in total. The van der Waals surface area contributed by atoms with Gasteiger partial charge < -0.3 is 20.1 Å². The molecule has 6 heteroatoms. The number of hydrogen-bond acceptors (Lipinski definition) is 5. The number of carbonyl (C=O) groups is 1. The summed E-state index contributed by atoms with van der Waals surface area (Å²) in [5.74, 6) is 2.49.